The molecular weight excluding hydrogens is 264 g/mol. The zero-order chi connectivity index (χ0) is 15.5. The number of rotatable bonds is 4. The molecule has 0 spiro atoms. The Morgan fingerprint density at radius 2 is 1.95 bits per heavy atom. The summed E-state index contributed by atoms with van der Waals surface area (Å²) in [6.07, 6.45) is 4.86. The van der Waals surface area contributed by atoms with Gasteiger partial charge in [-0.05, 0) is 43.5 Å². The molecule has 21 heavy (non-hydrogen) atoms. The molecule has 0 aliphatic heterocycles. The molecule has 0 heterocycles. The van der Waals surface area contributed by atoms with Gasteiger partial charge in [0, 0.05) is 25.5 Å². The van der Waals surface area contributed by atoms with E-state index in [2.05, 4.69) is 5.32 Å². The van der Waals surface area contributed by atoms with E-state index in [4.69, 9.17) is 0 Å². The summed E-state index contributed by atoms with van der Waals surface area (Å²) in [4.78, 5) is 14.2. The predicted octanol–water partition coefficient (Wildman–Crippen LogP) is 3.08. The number of aliphatic hydroxyl groups is 1. The summed E-state index contributed by atoms with van der Waals surface area (Å²) in [5.41, 5.74) is 2.25. The van der Waals surface area contributed by atoms with Gasteiger partial charge in [0.05, 0.1) is 12.0 Å². The molecule has 1 aromatic rings. The number of nitrogens with zero attached hydrogens (tertiary/aromatic N) is 1. The number of aryl methyl sites for hydroxylation is 1. The maximum atomic E-state index is 12.1. The molecule has 0 aromatic heterocycles. The van der Waals surface area contributed by atoms with Crippen LogP contribution in [0.3, 0.4) is 0 Å². The summed E-state index contributed by atoms with van der Waals surface area (Å²) in [6.45, 7) is 2.03. The Kier molecular flexibility index (Phi) is 4.88. The van der Waals surface area contributed by atoms with Gasteiger partial charge in [0.2, 0.25) is 5.91 Å². The zero-order valence-electron chi connectivity index (χ0n) is 13.3. The number of carbonyl (C=O) groups excluding carboxylic acids is 1. The highest BCUT2D eigenvalue weighted by atomic mass is 16.3. The minimum Gasteiger partial charge on any atom is -0.389 e. The van der Waals surface area contributed by atoms with E-state index in [1.165, 1.54) is 0 Å². The van der Waals surface area contributed by atoms with Crippen LogP contribution in [0.2, 0.25) is 0 Å². The lowest BCUT2D eigenvalue weighted by Gasteiger charge is -2.31. The number of hydrogen-bond acceptors (Lipinski definition) is 3. The maximum absolute atomic E-state index is 12.1. The first-order chi connectivity index (χ1) is 9.89. The van der Waals surface area contributed by atoms with Gasteiger partial charge in [-0.2, -0.15) is 0 Å². The molecule has 4 nitrogen and oxygen atoms in total. The largest absolute Gasteiger partial charge is 0.389 e. The van der Waals surface area contributed by atoms with Crippen LogP contribution in [0.1, 0.15) is 44.1 Å². The molecule has 1 saturated carbocycles. The van der Waals surface area contributed by atoms with E-state index in [9.17, 15) is 9.90 Å². The number of hydrogen-bond donors (Lipinski definition) is 2. The lowest BCUT2D eigenvalue weighted by Crippen LogP contribution is -2.35. The van der Waals surface area contributed by atoms with Crippen molar-refractivity contribution in [3.05, 3.63) is 23.8 Å². The Bertz CT molecular complexity index is 506. The zero-order valence-corrected chi connectivity index (χ0v) is 13.3. The molecule has 116 valence electrons. The van der Waals surface area contributed by atoms with Crippen LogP contribution in [0.15, 0.2) is 18.2 Å². The van der Waals surface area contributed by atoms with Crippen molar-refractivity contribution < 1.29 is 9.90 Å². The van der Waals surface area contributed by atoms with Crippen LogP contribution < -0.4 is 10.2 Å². The summed E-state index contributed by atoms with van der Waals surface area (Å²) in [5.74, 6) is -0.101. The molecule has 2 N–H and O–H groups in total. The van der Waals surface area contributed by atoms with Crippen LogP contribution in [0.25, 0.3) is 0 Å². The fourth-order valence-electron chi connectivity index (χ4n) is 3.13. The fourth-order valence-corrected chi connectivity index (χ4v) is 3.13. The molecule has 0 radical (unpaired) electrons. The molecule has 1 fully saturated rings. The summed E-state index contributed by atoms with van der Waals surface area (Å²) in [5, 5.41) is 13.3. The SMILES string of the molecule is Cc1cc(NC(=O)CC2(O)CCCCC2)ccc1N(C)C. The molecule has 2 rings (SSSR count). The third-order valence-corrected chi connectivity index (χ3v) is 4.24. The van der Waals surface area contributed by atoms with E-state index < -0.39 is 5.60 Å². The van der Waals surface area contributed by atoms with Crippen molar-refractivity contribution in [2.75, 3.05) is 24.3 Å². The molecule has 1 aliphatic rings. The van der Waals surface area contributed by atoms with Crippen LogP contribution >= 0.6 is 0 Å². The highest BCUT2D eigenvalue weighted by Crippen LogP contribution is 2.31. The number of anilines is 2. The van der Waals surface area contributed by atoms with Crippen molar-refractivity contribution in [1.82, 2.24) is 0 Å². The van der Waals surface area contributed by atoms with Gasteiger partial charge in [-0.25, -0.2) is 0 Å². The van der Waals surface area contributed by atoms with E-state index in [-0.39, 0.29) is 12.3 Å². The monoisotopic (exact) mass is 290 g/mol. The van der Waals surface area contributed by atoms with Crippen molar-refractivity contribution in [3.63, 3.8) is 0 Å². The molecular formula is C17H26N2O2. The summed E-state index contributed by atoms with van der Waals surface area (Å²) >= 11 is 0. The van der Waals surface area contributed by atoms with E-state index in [1.54, 1.807) is 0 Å². The van der Waals surface area contributed by atoms with E-state index >= 15 is 0 Å². The van der Waals surface area contributed by atoms with Crippen LogP contribution in [-0.2, 0) is 4.79 Å². The number of carbonyl (C=O) groups is 1. The Morgan fingerprint density at radius 3 is 2.52 bits per heavy atom. The van der Waals surface area contributed by atoms with Gasteiger partial charge in [-0.15, -0.1) is 0 Å². The fraction of sp³-hybridized carbons (Fsp3) is 0.588. The smallest absolute Gasteiger partial charge is 0.227 e. The molecule has 1 aromatic carbocycles. The molecule has 4 heteroatoms. The van der Waals surface area contributed by atoms with Crippen molar-refractivity contribution >= 4 is 17.3 Å². The average molecular weight is 290 g/mol. The van der Waals surface area contributed by atoms with Crippen LogP contribution in [-0.4, -0.2) is 30.7 Å². The average Bonchev–Trinajstić information content (AvgIpc) is 2.38. The molecule has 1 amide bonds. The first-order valence-electron chi connectivity index (χ1n) is 7.70. The highest BCUT2D eigenvalue weighted by molar-refractivity contribution is 5.91. The Balaban J connectivity index is 1.98. The second-order valence-corrected chi connectivity index (χ2v) is 6.41. The van der Waals surface area contributed by atoms with Crippen molar-refractivity contribution in [2.24, 2.45) is 0 Å². The van der Waals surface area contributed by atoms with E-state index in [0.717, 1.165) is 49.0 Å². The van der Waals surface area contributed by atoms with Crippen molar-refractivity contribution in [2.45, 2.75) is 51.0 Å². The Morgan fingerprint density at radius 1 is 1.29 bits per heavy atom. The number of nitrogens with one attached hydrogen (secondary N) is 1. The van der Waals surface area contributed by atoms with Gasteiger partial charge >= 0.3 is 0 Å². The second kappa shape index (κ2) is 6.48. The first-order valence-corrected chi connectivity index (χ1v) is 7.70. The Labute approximate surface area is 127 Å². The second-order valence-electron chi connectivity index (χ2n) is 6.41. The van der Waals surface area contributed by atoms with Gasteiger partial charge in [-0.1, -0.05) is 19.3 Å². The normalized spacial score (nSPS) is 17.3. The third-order valence-electron chi connectivity index (χ3n) is 4.24. The first kappa shape index (κ1) is 15.8. The molecule has 0 saturated heterocycles. The Hall–Kier alpha value is -1.55. The van der Waals surface area contributed by atoms with Crippen molar-refractivity contribution in [1.29, 1.82) is 0 Å². The molecule has 0 bridgehead atoms. The van der Waals surface area contributed by atoms with Crippen LogP contribution in [0.5, 0.6) is 0 Å². The van der Waals surface area contributed by atoms with Gasteiger partial charge in [-0.3, -0.25) is 4.79 Å². The lowest BCUT2D eigenvalue weighted by atomic mass is 9.82. The third kappa shape index (κ3) is 4.21. The summed E-state index contributed by atoms with van der Waals surface area (Å²) in [6, 6.07) is 5.88. The molecule has 0 unspecified atom stereocenters. The molecule has 0 atom stereocenters. The quantitative estimate of drug-likeness (QED) is 0.896. The molecule has 1 aliphatic carbocycles. The van der Waals surface area contributed by atoms with Gasteiger partial charge < -0.3 is 15.3 Å². The number of benzene rings is 1. The topological polar surface area (TPSA) is 52.6 Å². The summed E-state index contributed by atoms with van der Waals surface area (Å²) < 4.78 is 0. The van der Waals surface area contributed by atoms with E-state index in [0.29, 0.717) is 0 Å². The lowest BCUT2D eigenvalue weighted by molar-refractivity contribution is -0.122. The van der Waals surface area contributed by atoms with Gasteiger partial charge in [0.1, 0.15) is 0 Å². The van der Waals surface area contributed by atoms with Crippen LogP contribution in [0.4, 0.5) is 11.4 Å². The number of amides is 1. The minimum atomic E-state index is -0.805. The van der Waals surface area contributed by atoms with Crippen LogP contribution in [0, 0.1) is 6.92 Å². The van der Waals surface area contributed by atoms with Gasteiger partial charge in [0.15, 0.2) is 0 Å². The standard InChI is InChI=1S/C17H26N2O2/c1-13-11-14(7-8-15(13)19(2)3)18-16(20)12-17(21)9-5-4-6-10-17/h7-8,11,21H,4-6,9-10,12H2,1-3H3,(H,18,20). The highest BCUT2D eigenvalue weighted by Gasteiger charge is 2.31. The predicted molar refractivity (Wildman–Crippen MR) is 86.8 cm³/mol. The van der Waals surface area contributed by atoms with E-state index in [1.807, 2.05) is 44.1 Å². The van der Waals surface area contributed by atoms with Gasteiger partial charge in [0.25, 0.3) is 0 Å². The summed E-state index contributed by atoms with van der Waals surface area (Å²) in [7, 11) is 4.00. The minimum absolute atomic E-state index is 0.101. The maximum Gasteiger partial charge on any atom is 0.227 e. The van der Waals surface area contributed by atoms with Crippen molar-refractivity contribution in [3.8, 4) is 0 Å².